The van der Waals surface area contributed by atoms with E-state index in [1.54, 1.807) is 0 Å². The van der Waals surface area contributed by atoms with E-state index in [0.29, 0.717) is 5.69 Å². The summed E-state index contributed by atoms with van der Waals surface area (Å²) >= 11 is 5.86. The number of phenolic OH excluding ortho intramolecular Hbond substituents is 1. The number of aromatic hydroxyl groups is 1. The molecule has 1 aromatic heterocycles. The lowest BCUT2D eigenvalue weighted by Gasteiger charge is -2.10. The average Bonchev–Trinajstić information content (AvgIpc) is 3.29. The zero-order valence-electron chi connectivity index (χ0n) is 14.7. The normalized spacial score (nSPS) is 13.6. The number of hydrogen-bond donors (Lipinski definition) is 2. The maximum atomic E-state index is 13.8. The Labute approximate surface area is 168 Å². The zero-order chi connectivity index (χ0) is 20.7. The molecule has 3 aromatic rings. The average molecular weight is 419 g/mol. The molecule has 2 amide bonds. The van der Waals surface area contributed by atoms with Crippen LogP contribution in [-0.2, 0) is 4.79 Å². The van der Waals surface area contributed by atoms with E-state index in [-0.39, 0.29) is 46.8 Å². The molecule has 0 saturated carbocycles. The maximum Gasteiger partial charge on any atom is 0.276 e. The van der Waals surface area contributed by atoms with Crippen molar-refractivity contribution in [1.82, 2.24) is 20.0 Å². The van der Waals surface area contributed by atoms with E-state index in [4.69, 9.17) is 11.6 Å². The number of carbonyl (C=O) groups excluding carboxylic acids is 2. The first-order chi connectivity index (χ1) is 13.8. The molecule has 10 heteroatoms. The van der Waals surface area contributed by atoms with E-state index in [9.17, 15) is 23.5 Å². The highest BCUT2D eigenvalue weighted by atomic mass is 35.5. The van der Waals surface area contributed by atoms with Crippen molar-refractivity contribution < 1.29 is 23.5 Å². The first-order valence-corrected chi connectivity index (χ1v) is 8.81. The fraction of sp³-hybridized carbons (Fsp3) is 0.105. The Hall–Kier alpha value is -3.46. The van der Waals surface area contributed by atoms with Crippen molar-refractivity contribution >= 4 is 23.4 Å². The predicted molar refractivity (Wildman–Crippen MR) is 99.6 cm³/mol. The number of aromatic nitrogens is 2. The van der Waals surface area contributed by atoms with Gasteiger partial charge >= 0.3 is 0 Å². The third-order valence-corrected chi connectivity index (χ3v) is 4.63. The van der Waals surface area contributed by atoms with Crippen molar-refractivity contribution in [2.75, 3.05) is 13.2 Å². The van der Waals surface area contributed by atoms with Gasteiger partial charge in [-0.1, -0.05) is 11.6 Å². The first-order valence-electron chi connectivity index (χ1n) is 8.43. The van der Waals surface area contributed by atoms with Gasteiger partial charge < -0.3 is 15.3 Å². The summed E-state index contributed by atoms with van der Waals surface area (Å²) in [7, 11) is 0. The highest BCUT2D eigenvalue weighted by molar-refractivity contribution is 6.30. The molecule has 1 saturated heterocycles. The molecule has 0 aliphatic carbocycles. The van der Waals surface area contributed by atoms with E-state index in [0.717, 1.165) is 18.2 Å². The number of phenols is 1. The molecule has 29 heavy (non-hydrogen) atoms. The smallest absolute Gasteiger partial charge is 0.276 e. The molecule has 2 heterocycles. The van der Waals surface area contributed by atoms with Crippen LogP contribution in [0.4, 0.5) is 8.78 Å². The summed E-state index contributed by atoms with van der Waals surface area (Å²) in [6, 6.07) is 8.64. The second-order valence-electron chi connectivity index (χ2n) is 6.38. The molecule has 2 aromatic carbocycles. The number of rotatable bonds is 3. The molecule has 0 spiro atoms. The fourth-order valence-electron chi connectivity index (χ4n) is 3.00. The van der Waals surface area contributed by atoms with E-state index in [1.807, 2.05) is 0 Å². The molecule has 0 unspecified atom stereocenters. The van der Waals surface area contributed by atoms with Crippen LogP contribution < -0.4 is 5.32 Å². The van der Waals surface area contributed by atoms with Crippen molar-refractivity contribution in [2.45, 2.75) is 0 Å². The Bertz CT molecular complexity index is 1130. The van der Waals surface area contributed by atoms with Crippen LogP contribution in [0, 0.1) is 11.6 Å². The van der Waals surface area contributed by atoms with Gasteiger partial charge in [0.1, 0.15) is 23.9 Å². The highest BCUT2D eigenvalue weighted by Crippen LogP contribution is 2.29. The fourth-order valence-corrected chi connectivity index (χ4v) is 3.18. The van der Waals surface area contributed by atoms with E-state index >= 15 is 0 Å². The van der Waals surface area contributed by atoms with Gasteiger partial charge in [-0.15, -0.1) is 0 Å². The summed E-state index contributed by atoms with van der Waals surface area (Å²) in [5, 5.41) is 16.4. The molecule has 7 nitrogen and oxygen atoms in total. The lowest BCUT2D eigenvalue weighted by molar-refractivity contribution is -0.118. The molecule has 1 fully saturated rings. The number of amides is 2. The molecule has 1 aliphatic heterocycles. The van der Waals surface area contributed by atoms with Crippen LogP contribution in [0.2, 0.25) is 5.02 Å². The van der Waals surface area contributed by atoms with Gasteiger partial charge in [0.2, 0.25) is 5.91 Å². The Morgan fingerprint density at radius 1 is 1.17 bits per heavy atom. The van der Waals surface area contributed by atoms with Crippen molar-refractivity contribution in [3.05, 3.63) is 64.8 Å². The maximum absolute atomic E-state index is 13.8. The predicted octanol–water partition coefficient (Wildman–Crippen LogP) is 2.71. The molecular formula is C19H13ClF2N4O3. The van der Waals surface area contributed by atoms with Crippen LogP contribution in [0.3, 0.4) is 0 Å². The van der Waals surface area contributed by atoms with Gasteiger partial charge in [-0.2, -0.15) is 5.10 Å². The van der Waals surface area contributed by atoms with Gasteiger partial charge in [0.25, 0.3) is 5.91 Å². The summed E-state index contributed by atoms with van der Waals surface area (Å²) in [5.41, 5.74) is 0.819. The van der Waals surface area contributed by atoms with Crippen molar-refractivity contribution in [3.8, 4) is 22.7 Å². The van der Waals surface area contributed by atoms with Crippen LogP contribution in [0.1, 0.15) is 10.5 Å². The van der Waals surface area contributed by atoms with Crippen LogP contribution >= 0.6 is 11.6 Å². The monoisotopic (exact) mass is 418 g/mol. The summed E-state index contributed by atoms with van der Waals surface area (Å²) < 4.78 is 28.7. The summed E-state index contributed by atoms with van der Waals surface area (Å²) in [6.07, 6.45) is 0. The van der Waals surface area contributed by atoms with Gasteiger partial charge in [0, 0.05) is 11.6 Å². The Balaban J connectivity index is 1.85. The molecular weight excluding hydrogens is 406 g/mol. The van der Waals surface area contributed by atoms with Gasteiger partial charge in [0.05, 0.1) is 23.1 Å². The number of benzene rings is 2. The minimum absolute atomic E-state index is 0.0132. The number of hydrogen-bond acceptors (Lipinski definition) is 4. The van der Waals surface area contributed by atoms with Crippen LogP contribution in [0.15, 0.2) is 42.5 Å². The largest absolute Gasteiger partial charge is 0.508 e. The van der Waals surface area contributed by atoms with Gasteiger partial charge in [-0.3, -0.25) is 9.59 Å². The number of halogens is 3. The molecule has 0 bridgehead atoms. The second kappa shape index (κ2) is 7.17. The van der Waals surface area contributed by atoms with Crippen molar-refractivity contribution in [1.29, 1.82) is 0 Å². The topological polar surface area (TPSA) is 87.5 Å². The zero-order valence-corrected chi connectivity index (χ0v) is 15.5. The van der Waals surface area contributed by atoms with E-state index < -0.39 is 17.5 Å². The molecule has 0 radical (unpaired) electrons. The molecule has 2 N–H and O–H groups in total. The second-order valence-corrected chi connectivity index (χ2v) is 6.79. The standard InChI is InChI=1S/C19H13ClF2N4O3/c20-14-6-12(1-2-15(14)22)26-17(10-3-11(21)5-13(27)4-10)7-16(24-26)19(29)25-8-18(28)23-9-25/h1-7,27H,8-9H2,(H,23,28). The quantitative estimate of drug-likeness (QED) is 0.684. The third-order valence-electron chi connectivity index (χ3n) is 4.34. The van der Waals surface area contributed by atoms with Crippen LogP contribution in [0.25, 0.3) is 16.9 Å². The Morgan fingerprint density at radius 3 is 2.62 bits per heavy atom. The minimum Gasteiger partial charge on any atom is -0.508 e. The first kappa shape index (κ1) is 18.9. The Morgan fingerprint density at radius 2 is 1.97 bits per heavy atom. The molecule has 1 aliphatic rings. The van der Waals surface area contributed by atoms with Gasteiger partial charge in [0.15, 0.2) is 5.69 Å². The van der Waals surface area contributed by atoms with Crippen LogP contribution in [-0.4, -0.2) is 44.8 Å². The third kappa shape index (κ3) is 3.64. The summed E-state index contributed by atoms with van der Waals surface area (Å²) in [6.45, 7) is -0.0624. The van der Waals surface area contributed by atoms with Crippen LogP contribution in [0.5, 0.6) is 5.75 Å². The molecule has 4 rings (SSSR count). The SMILES string of the molecule is O=C1CN(C(=O)c2cc(-c3cc(O)cc(F)c3)n(-c3ccc(F)c(Cl)c3)n2)CN1. The summed E-state index contributed by atoms with van der Waals surface area (Å²) in [4.78, 5) is 25.4. The van der Waals surface area contributed by atoms with Crippen molar-refractivity contribution in [3.63, 3.8) is 0 Å². The number of nitrogens with one attached hydrogen (secondary N) is 1. The minimum atomic E-state index is -0.688. The van der Waals surface area contributed by atoms with E-state index in [1.165, 1.54) is 33.8 Å². The number of nitrogens with zero attached hydrogens (tertiary/aromatic N) is 3. The lowest BCUT2D eigenvalue weighted by atomic mass is 10.1. The highest BCUT2D eigenvalue weighted by Gasteiger charge is 2.27. The van der Waals surface area contributed by atoms with Gasteiger partial charge in [-0.05, 0) is 36.4 Å². The number of carbonyl (C=O) groups is 2. The Kier molecular flexibility index (Phi) is 4.67. The summed E-state index contributed by atoms with van der Waals surface area (Å²) in [5.74, 6) is -2.44. The molecule has 0 atom stereocenters. The van der Waals surface area contributed by atoms with Crippen molar-refractivity contribution in [2.24, 2.45) is 0 Å². The van der Waals surface area contributed by atoms with Gasteiger partial charge in [-0.25, -0.2) is 13.5 Å². The molecule has 148 valence electrons. The lowest BCUT2D eigenvalue weighted by Crippen LogP contribution is -2.30. The van der Waals surface area contributed by atoms with E-state index in [2.05, 4.69) is 10.4 Å².